The van der Waals surface area contributed by atoms with Gasteiger partial charge in [-0.2, -0.15) is 0 Å². The molecule has 2 atom stereocenters. The van der Waals surface area contributed by atoms with E-state index in [4.69, 9.17) is 28.3 Å². The first-order valence-electron chi connectivity index (χ1n) is 5.82. The zero-order chi connectivity index (χ0) is 14.9. The molecule has 108 valence electrons. The van der Waals surface area contributed by atoms with Gasteiger partial charge in [0.1, 0.15) is 6.04 Å². The first kappa shape index (κ1) is 14.9. The lowest BCUT2D eigenvalue weighted by molar-refractivity contribution is -0.141. The average molecular weight is 319 g/mol. The smallest absolute Gasteiger partial charge is 0.326 e. The summed E-state index contributed by atoms with van der Waals surface area (Å²) in [5.74, 6) is -1.15. The largest absolute Gasteiger partial charge is 0.480 e. The lowest BCUT2D eigenvalue weighted by Crippen LogP contribution is -2.43. The van der Waals surface area contributed by atoms with Crippen molar-refractivity contribution in [2.75, 3.05) is 11.9 Å². The van der Waals surface area contributed by atoms with Crippen LogP contribution in [0.2, 0.25) is 10.0 Å². The molecule has 3 N–H and O–H groups in total. The number of carboxylic acid groups (broad SMARTS) is 1. The predicted molar refractivity (Wildman–Crippen MR) is 74.2 cm³/mol. The summed E-state index contributed by atoms with van der Waals surface area (Å²) in [5, 5.41) is 21.7. The van der Waals surface area contributed by atoms with E-state index < -0.39 is 24.1 Å². The van der Waals surface area contributed by atoms with E-state index in [9.17, 15) is 14.7 Å². The summed E-state index contributed by atoms with van der Waals surface area (Å²) in [6, 6.07) is 2.89. The van der Waals surface area contributed by atoms with Crippen molar-refractivity contribution >= 4 is 40.9 Å². The van der Waals surface area contributed by atoms with Crippen molar-refractivity contribution in [2.24, 2.45) is 0 Å². The molecule has 0 radical (unpaired) electrons. The van der Waals surface area contributed by atoms with Crippen LogP contribution >= 0.6 is 23.2 Å². The minimum atomic E-state index is -1.15. The number of likely N-dealkylation sites (tertiary alicyclic amines) is 1. The molecule has 0 bridgehead atoms. The Kier molecular flexibility index (Phi) is 4.37. The molecule has 1 aliphatic rings. The van der Waals surface area contributed by atoms with Crippen LogP contribution in [0.4, 0.5) is 10.5 Å². The number of aliphatic carboxylic acids is 1. The molecule has 2 rings (SSSR count). The third-order valence-electron chi connectivity index (χ3n) is 3.00. The van der Waals surface area contributed by atoms with Gasteiger partial charge in [0.25, 0.3) is 0 Å². The number of nitrogens with zero attached hydrogens (tertiary/aromatic N) is 1. The summed E-state index contributed by atoms with van der Waals surface area (Å²) >= 11 is 11.6. The van der Waals surface area contributed by atoms with E-state index in [1.54, 1.807) is 6.07 Å². The Morgan fingerprint density at radius 2 is 2.00 bits per heavy atom. The fraction of sp³-hybridized carbons (Fsp3) is 0.333. The maximum absolute atomic E-state index is 12.0. The number of carbonyl (C=O) groups excluding carboxylic acids is 1. The lowest BCUT2D eigenvalue weighted by atomic mass is 10.2. The maximum Gasteiger partial charge on any atom is 0.326 e. The number of hydrogen-bond acceptors (Lipinski definition) is 3. The van der Waals surface area contributed by atoms with Crippen molar-refractivity contribution in [1.29, 1.82) is 0 Å². The third-order valence-corrected chi connectivity index (χ3v) is 3.73. The van der Waals surface area contributed by atoms with Crippen molar-refractivity contribution in [1.82, 2.24) is 4.90 Å². The zero-order valence-corrected chi connectivity index (χ0v) is 11.7. The molecule has 1 heterocycles. The van der Waals surface area contributed by atoms with Crippen molar-refractivity contribution < 1.29 is 19.8 Å². The number of carbonyl (C=O) groups is 2. The van der Waals surface area contributed by atoms with Crippen molar-refractivity contribution in [3.05, 3.63) is 28.2 Å². The van der Waals surface area contributed by atoms with Gasteiger partial charge in [0.15, 0.2) is 0 Å². The molecule has 2 amide bonds. The molecule has 0 aromatic heterocycles. The summed E-state index contributed by atoms with van der Waals surface area (Å²) in [6.07, 6.45) is -0.819. The Morgan fingerprint density at radius 3 is 2.60 bits per heavy atom. The molecule has 6 nitrogen and oxygen atoms in total. The van der Waals surface area contributed by atoms with E-state index in [2.05, 4.69) is 5.32 Å². The van der Waals surface area contributed by atoms with Gasteiger partial charge in [0.2, 0.25) is 0 Å². The summed E-state index contributed by atoms with van der Waals surface area (Å²) in [7, 11) is 0. The third kappa shape index (κ3) is 3.15. The number of anilines is 1. The lowest BCUT2D eigenvalue weighted by Gasteiger charge is -2.21. The van der Waals surface area contributed by atoms with Crippen LogP contribution < -0.4 is 5.32 Å². The van der Waals surface area contributed by atoms with Gasteiger partial charge in [-0.15, -0.1) is 0 Å². The van der Waals surface area contributed by atoms with Gasteiger partial charge >= 0.3 is 12.0 Å². The van der Waals surface area contributed by atoms with Crippen LogP contribution in [0.25, 0.3) is 0 Å². The van der Waals surface area contributed by atoms with Gasteiger partial charge in [0, 0.05) is 18.7 Å². The molecule has 8 heteroatoms. The van der Waals surface area contributed by atoms with Gasteiger partial charge in [-0.1, -0.05) is 23.2 Å². The highest BCUT2D eigenvalue weighted by atomic mass is 35.5. The second-order valence-corrected chi connectivity index (χ2v) is 5.27. The number of benzene rings is 1. The summed E-state index contributed by atoms with van der Waals surface area (Å²) < 4.78 is 0. The van der Waals surface area contributed by atoms with E-state index in [0.29, 0.717) is 10.7 Å². The highest BCUT2D eigenvalue weighted by Gasteiger charge is 2.38. The Hall–Kier alpha value is -1.50. The number of aliphatic hydroxyl groups excluding tert-OH is 1. The number of rotatable bonds is 2. The standard InChI is InChI=1S/C12H12Cl2N2O4/c13-8-2-1-6(3-9(8)14)15-12(20)16-5-7(17)4-10(16)11(18)19/h1-3,7,10,17H,4-5H2,(H,15,20)(H,18,19). The molecule has 0 saturated carbocycles. The molecule has 20 heavy (non-hydrogen) atoms. The van der Waals surface area contributed by atoms with Crippen LogP contribution in [-0.2, 0) is 4.79 Å². The van der Waals surface area contributed by atoms with E-state index >= 15 is 0 Å². The molecule has 1 fully saturated rings. The minimum Gasteiger partial charge on any atom is -0.480 e. The number of urea groups is 1. The highest BCUT2D eigenvalue weighted by Crippen LogP contribution is 2.26. The normalized spacial score (nSPS) is 21.9. The van der Waals surface area contributed by atoms with Gasteiger partial charge in [-0.3, -0.25) is 0 Å². The highest BCUT2D eigenvalue weighted by molar-refractivity contribution is 6.42. The number of amides is 2. The van der Waals surface area contributed by atoms with E-state index in [0.717, 1.165) is 4.90 Å². The fourth-order valence-electron chi connectivity index (χ4n) is 2.04. The summed E-state index contributed by atoms with van der Waals surface area (Å²) in [6.45, 7) is -0.0237. The number of halogens is 2. The van der Waals surface area contributed by atoms with Gasteiger partial charge in [-0.05, 0) is 18.2 Å². The van der Waals surface area contributed by atoms with Crippen LogP contribution in [0.3, 0.4) is 0 Å². The molecule has 0 spiro atoms. The maximum atomic E-state index is 12.0. The first-order valence-corrected chi connectivity index (χ1v) is 6.57. The average Bonchev–Trinajstić information content (AvgIpc) is 2.76. The molecule has 1 saturated heterocycles. The SMILES string of the molecule is O=C(O)C1CC(O)CN1C(=O)Nc1ccc(Cl)c(Cl)c1. The Morgan fingerprint density at radius 1 is 1.30 bits per heavy atom. The number of carboxylic acids is 1. The quantitative estimate of drug-likeness (QED) is 0.778. The van der Waals surface area contributed by atoms with E-state index in [1.807, 2.05) is 0 Å². The second-order valence-electron chi connectivity index (χ2n) is 4.45. The fourth-order valence-corrected chi connectivity index (χ4v) is 2.34. The van der Waals surface area contributed by atoms with Gasteiger partial charge in [-0.25, -0.2) is 9.59 Å². The predicted octanol–water partition coefficient (Wildman–Crippen LogP) is 2.05. The Labute approximate surface area is 124 Å². The molecule has 2 unspecified atom stereocenters. The number of aliphatic hydroxyl groups is 1. The van der Waals surface area contributed by atoms with Crippen molar-refractivity contribution in [3.8, 4) is 0 Å². The number of hydrogen-bond donors (Lipinski definition) is 3. The summed E-state index contributed by atoms with van der Waals surface area (Å²) in [4.78, 5) is 24.2. The van der Waals surface area contributed by atoms with Gasteiger partial charge < -0.3 is 20.4 Å². The molecule has 0 aliphatic carbocycles. The second kappa shape index (κ2) is 5.87. The zero-order valence-electron chi connectivity index (χ0n) is 10.2. The first-order chi connectivity index (χ1) is 9.38. The molecular weight excluding hydrogens is 307 g/mol. The summed E-state index contributed by atoms with van der Waals surface area (Å²) in [5.41, 5.74) is 0.398. The van der Waals surface area contributed by atoms with Crippen LogP contribution in [0, 0.1) is 0 Å². The van der Waals surface area contributed by atoms with Crippen molar-refractivity contribution in [2.45, 2.75) is 18.6 Å². The van der Waals surface area contributed by atoms with Crippen LogP contribution in [0.5, 0.6) is 0 Å². The molecule has 1 aliphatic heterocycles. The van der Waals surface area contributed by atoms with E-state index in [-0.39, 0.29) is 18.0 Å². The van der Waals surface area contributed by atoms with Gasteiger partial charge in [0.05, 0.1) is 16.1 Å². The minimum absolute atomic E-state index is 0.0180. The monoisotopic (exact) mass is 318 g/mol. The topological polar surface area (TPSA) is 89.9 Å². The van der Waals surface area contributed by atoms with Crippen LogP contribution in [-0.4, -0.2) is 45.8 Å². The van der Waals surface area contributed by atoms with Crippen LogP contribution in [0.15, 0.2) is 18.2 Å². The van der Waals surface area contributed by atoms with Crippen molar-refractivity contribution in [3.63, 3.8) is 0 Å². The van der Waals surface area contributed by atoms with Crippen LogP contribution in [0.1, 0.15) is 6.42 Å². The van der Waals surface area contributed by atoms with E-state index in [1.165, 1.54) is 12.1 Å². The molecule has 1 aromatic carbocycles. The number of β-amino-alcohol motifs (C(OH)–C–C–N with tert-alkyl or cyclic N) is 1. The molecule has 1 aromatic rings. The number of nitrogens with one attached hydrogen (secondary N) is 1. The Bertz CT molecular complexity index is 552. The Balaban J connectivity index is 2.11. The molecular formula is C12H12Cl2N2O4.